The van der Waals surface area contributed by atoms with Crippen molar-refractivity contribution in [2.75, 3.05) is 31.1 Å². The van der Waals surface area contributed by atoms with Crippen molar-refractivity contribution < 1.29 is 14.0 Å². The number of carbonyl (C=O) groups excluding carboxylic acids is 2. The van der Waals surface area contributed by atoms with Crippen LogP contribution in [-0.2, 0) is 9.59 Å². The molecule has 2 saturated heterocycles. The maximum atomic E-state index is 13.9. The number of aromatic nitrogens is 2. The van der Waals surface area contributed by atoms with Gasteiger partial charge in [-0.3, -0.25) is 9.59 Å². The van der Waals surface area contributed by atoms with Gasteiger partial charge in [0.2, 0.25) is 11.8 Å². The molecule has 1 aromatic heterocycles. The molecule has 7 nitrogen and oxygen atoms in total. The Morgan fingerprint density at radius 1 is 1.24 bits per heavy atom. The molecule has 0 radical (unpaired) electrons. The summed E-state index contributed by atoms with van der Waals surface area (Å²) < 4.78 is 13.9. The Morgan fingerprint density at radius 3 is 2.79 bits per heavy atom. The third kappa shape index (κ3) is 3.92. The van der Waals surface area contributed by atoms with Crippen molar-refractivity contribution in [1.29, 1.82) is 0 Å². The molecule has 152 valence electrons. The predicted octanol–water partition coefficient (Wildman–Crippen LogP) is 1.70. The minimum atomic E-state index is -0.318. The molecule has 4 rings (SSSR count). The summed E-state index contributed by atoms with van der Waals surface area (Å²) in [7, 11) is 0. The number of aryl methyl sites for hydroxylation is 1. The van der Waals surface area contributed by atoms with Crippen molar-refractivity contribution in [2.24, 2.45) is 11.8 Å². The molecule has 1 N–H and O–H groups in total. The molecule has 0 bridgehead atoms. The molecule has 29 heavy (non-hydrogen) atoms. The van der Waals surface area contributed by atoms with Gasteiger partial charge in [0.15, 0.2) is 0 Å². The maximum Gasteiger partial charge on any atom is 0.242 e. The zero-order valence-corrected chi connectivity index (χ0v) is 16.5. The molecule has 0 spiro atoms. The van der Waals surface area contributed by atoms with Crippen LogP contribution in [0.3, 0.4) is 0 Å². The highest BCUT2D eigenvalue weighted by Crippen LogP contribution is 2.45. The molecule has 2 aromatic rings. The molecule has 2 amide bonds. The van der Waals surface area contributed by atoms with Crippen molar-refractivity contribution in [3.63, 3.8) is 0 Å². The van der Waals surface area contributed by atoms with Gasteiger partial charge in [-0.1, -0.05) is 12.1 Å². The molecule has 3 heterocycles. The van der Waals surface area contributed by atoms with Gasteiger partial charge in [0.05, 0.1) is 12.6 Å². The molecule has 8 heteroatoms. The van der Waals surface area contributed by atoms with Gasteiger partial charge >= 0.3 is 0 Å². The van der Waals surface area contributed by atoms with Gasteiger partial charge in [-0.25, -0.2) is 14.4 Å². The van der Waals surface area contributed by atoms with Crippen molar-refractivity contribution in [3.8, 4) is 0 Å². The van der Waals surface area contributed by atoms with Gasteiger partial charge in [0.25, 0.3) is 0 Å². The van der Waals surface area contributed by atoms with Crippen molar-refractivity contribution in [3.05, 3.63) is 53.7 Å². The van der Waals surface area contributed by atoms with Crippen LogP contribution in [0.2, 0.25) is 0 Å². The highest BCUT2D eigenvalue weighted by atomic mass is 19.1. The van der Waals surface area contributed by atoms with Gasteiger partial charge in [0.1, 0.15) is 17.5 Å². The van der Waals surface area contributed by atoms with E-state index in [0.29, 0.717) is 12.4 Å². The van der Waals surface area contributed by atoms with E-state index in [9.17, 15) is 14.0 Å². The zero-order chi connectivity index (χ0) is 20.5. The van der Waals surface area contributed by atoms with Crippen LogP contribution >= 0.6 is 0 Å². The third-order valence-corrected chi connectivity index (χ3v) is 5.75. The van der Waals surface area contributed by atoms with Crippen LogP contribution in [0.1, 0.15) is 24.4 Å². The average molecular weight is 397 g/mol. The molecular formula is C21H24FN5O2. The number of rotatable bonds is 4. The number of nitrogens with one attached hydrogen (secondary N) is 1. The largest absolute Gasteiger partial charge is 0.356 e. The van der Waals surface area contributed by atoms with Gasteiger partial charge < -0.3 is 15.1 Å². The number of fused-ring (bicyclic) bond motifs is 1. The molecule has 1 aromatic carbocycles. The second-order valence-corrected chi connectivity index (χ2v) is 7.75. The first-order chi connectivity index (χ1) is 13.9. The Kier molecular flexibility index (Phi) is 5.17. The SMILES string of the molecule is CC(=O)NCC(=O)N1C[C@@H]2CN(c3ccnc(C)n3)C[C@@H]2[C@H]1c1cccc(F)c1. The molecule has 2 fully saturated rings. The highest BCUT2D eigenvalue weighted by molar-refractivity contribution is 5.84. The first-order valence-corrected chi connectivity index (χ1v) is 9.76. The number of amides is 2. The summed E-state index contributed by atoms with van der Waals surface area (Å²) in [5.74, 6) is 1.29. The van der Waals surface area contributed by atoms with Crippen LogP contribution in [0.5, 0.6) is 0 Å². The number of likely N-dealkylation sites (tertiary alicyclic amines) is 1. The number of halogens is 1. The Morgan fingerprint density at radius 2 is 2.07 bits per heavy atom. The van der Waals surface area contributed by atoms with E-state index >= 15 is 0 Å². The van der Waals surface area contributed by atoms with Crippen molar-refractivity contribution in [2.45, 2.75) is 19.9 Å². The molecular weight excluding hydrogens is 373 g/mol. The second-order valence-electron chi connectivity index (χ2n) is 7.75. The minimum absolute atomic E-state index is 0.0462. The summed E-state index contributed by atoms with van der Waals surface area (Å²) in [5, 5.41) is 2.58. The first-order valence-electron chi connectivity index (χ1n) is 9.76. The lowest BCUT2D eigenvalue weighted by Gasteiger charge is -2.30. The minimum Gasteiger partial charge on any atom is -0.356 e. The summed E-state index contributed by atoms with van der Waals surface area (Å²) in [5.41, 5.74) is 0.786. The summed E-state index contributed by atoms with van der Waals surface area (Å²) in [4.78, 5) is 36.8. The lowest BCUT2D eigenvalue weighted by Crippen LogP contribution is -2.41. The van der Waals surface area contributed by atoms with Gasteiger partial charge in [-0.15, -0.1) is 0 Å². The van der Waals surface area contributed by atoms with E-state index in [1.54, 1.807) is 17.2 Å². The maximum absolute atomic E-state index is 13.9. The van der Waals surface area contributed by atoms with Crippen LogP contribution in [0.4, 0.5) is 10.2 Å². The summed E-state index contributed by atoms with van der Waals surface area (Å²) in [6.45, 7) is 5.28. The fourth-order valence-electron chi connectivity index (χ4n) is 4.53. The quantitative estimate of drug-likeness (QED) is 0.850. The molecule has 0 unspecified atom stereocenters. The van der Waals surface area contributed by atoms with E-state index in [1.807, 2.05) is 19.1 Å². The first kappa shape index (κ1) is 19.3. The van der Waals surface area contributed by atoms with Crippen molar-refractivity contribution in [1.82, 2.24) is 20.2 Å². The summed E-state index contributed by atoms with van der Waals surface area (Å²) in [6.07, 6.45) is 1.75. The van der Waals surface area contributed by atoms with Crippen LogP contribution in [0.15, 0.2) is 36.5 Å². The van der Waals surface area contributed by atoms with Crippen LogP contribution in [0, 0.1) is 24.6 Å². The Bertz CT molecular complexity index is 937. The van der Waals surface area contributed by atoms with Gasteiger partial charge in [-0.2, -0.15) is 0 Å². The molecule has 2 aliphatic rings. The zero-order valence-electron chi connectivity index (χ0n) is 16.5. The molecule has 0 aliphatic carbocycles. The lowest BCUT2D eigenvalue weighted by atomic mass is 9.89. The standard InChI is InChI=1S/C21H24FN5O2/c1-13-23-7-6-19(25-13)26-10-16-11-27(20(29)9-24-14(2)28)21(18(16)12-26)15-4-3-5-17(22)8-15/h3-8,16,18,21H,9-12H2,1-2H3,(H,24,28)/t16-,18-,21+/m0/s1. The monoisotopic (exact) mass is 397 g/mol. The van der Waals surface area contributed by atoms with E-state index in [-0.39, 0.29) is 42.1 Å². The predicted molar refractivity (Wildman–Crippen MR) is 105 cm³/mol. The lowest BCUT2D eigenvalue weighted by molar-refractivity contribution is -0.133. The third-order valence-electron chi connectivity index (χ3n) is 5.75. The molecule has 2 aliphatic heterocycles. The van der Waals surface area contributed by atoms with E-state index in [1.165, 1.54) is 19.1 Å². The number of hydrogen-bond donors (Lipinski definition) is 1. The van der Waals surface area contributed by atoms with Crippen molar-refractivity contribution >= 4 is 17.6 Å². The van der Waals surface area contributed by atoms with E-state index in [0.717, 1.165) is 24.5 Å². The summed E-state index contributed by atoms with van der Waals surface area (Å²) >= 11 is 0. The average Bonchev–Trinajstić information content (AvgIpc) is 3.24. The van der Waals surface area contributed by atoms with Crippen LogP contribution < -0.4 is 10.2 Å². The number of carbonyl (C=O) groups is 2. The molecule has 3 atom stereocenters. The number of nitrogens with zero attached hydrogens (tertiary/aromatic N) is 4. The van der Waals surface area contributed by atoms with E-state index in [4.69, 9.17) is 0 Å². The fourth-order valence-corrected chi connectivity index (χ4v) is 4.53. The summed E-state index contributed by atoms with van der Waals surface area (Å²) in [6, 6.07) is 8.12. The number of benzene rings is 1. The van der Waals surface area contributed by atoms with Gasteiger partial charge in [-0.05, 0) is 30.7 Å². The normalized spacial score (nSPS) is 23.2. The Labute approximate surface area is 168 Å². The molecule has 0 saturated carbocycles. The smallest absolute Gasteiger partial charge is 0.242 e. The van der Waals surface area contributed by atoms with Crippen LogP contribution in [-0.4, -0.2) is 52.9 Å². The second kappa shape index (κ2) is 7.77. The van der Waals surface area contributed by atoms with Crippen LogP contribution in [0.25, 0.3) is 0 Å². The van der Waals surface area contributed by atoms with Gasteiger partial charge in [0, 0.05) is 44.6 Å². The highest BCUT2D eigenvalue weighted by Gasteiger charge is 2.49. The van der Waals surface area contributed by atoms with E-state index < -0.39 is 0 Å². The fraction of sp³-hybridized carbons (Fsp3) is 0.429. The Hall–Kier alpha value is -3.03. The number of hydrogen-bond acceptors (Lipinski definition) is 5. The topological polar surface area (TPSA) is 78.4 Å². The Balaban J connectivity index is 1.60. The van der Waals surface area contributed by atoms with E-state index in [2.05, 4.69) is 20.2 Å². The number of anilines is 1.